The molecule has 0 saturated heterocycles. The summed E-state index contributed by atoms with van der Waals surface area (Å²) in [6, 6.07) is 16.2. The van der Waals surface area contributed by atoms with E-state index >= 15 is 0 Å². The van der Waals surface area contributed by atoms with Crippen LogP contribution in [-0.2, 0) is 6.42 Å². The van der Waals surface area contributed by atoms with Crippen molar-refractivity contribution in [3.05, 3.63) is 71.4 Å². The smallest absolute Gasteiger partial charge is 0.289 e. The number of aromatic hydroxyl groups is 1. The number of nitrogens with zero attached hydrogens (tertiary/aromatic N) is 2. The molecule has 0 fully saturated rings. The Balaban J connectivity index is 1.64. The third-order valence-corrected chi connectivity index (χ3v) is 3.75. The normalized spacial score (nSPS) is 10.9. The summed E-state index contributed by atoms with van der Waals surface area (Å²) in [5, 5.41) is 20.0. The minimum Gasteiger partial charge on any atom is -0.508 e. The van der Waals surface area contributed by atoms with Crippen LogP contribution in [-0.4, -0.2) is 27.4 Å². The van der Waals surface area contributed by atoms with Crippen molar-refractivity contribution < 1.29 is 9.90 Å². The molecular formula is C19H18N4O2. The first-order valence-electron chi connectivity index (χ1n) is 7.93. The van der Waals surface area contributed by atoms with Gasteiger partial charge in [0.05, 0.1) is 11.9 Å². The number of aromatic nitrogens is 2. The van der Waals surface area contributed by atoms with Crippen molar-refractivity contribution >= 4 is 12.1 Å². The van der Waals surface area contributed by atoms with Crippen LogP contribution in [0.3, 0.4) is 0 Å². The molecular weight excluding hydrogens is 316 g/mol. The van der Waals surface area contributed by atoms with Crippen LogP contribution in [0, 0.1) is 0 Å². The number of aromatic amines is 1. The number of hydrogen-bond acceptors (Lipinski definition) is 4. The zero-order valence-electron chi connectivity index (χ0n) is 13.7. The maximum atomic E-state index is 12.1. The molecule has 1 amide bonds. The highest BCUT2D eigenvalue weighted by molar-refractivity contribution is 5.94. The van der Waals surface area contributed by atoms with E-state index in [4.69, 9.17) is 0 Å². The lowest BCUT2D eigenvalue weighted by molar-refractivity contribution is 0.0950. The molecule has 0 bridgehead atoms. The fourth-order valence-electron chi connectivity index (χ4n) is 2.28. The lowest BCUT2D eigenvalue weighted by Crippen LogP contribution is -2.17. The minimum atomic E-state index is -0.376. The number of benzene rings is 2. The zero-order valence-corrected chi connectivity index (χ0v) is 13.7. The molecule has 0 spiro atoms. The zero-order chi connectivity index (χ0) is 17.6. The van der Waals surface area contributed by atoms with Gasteiger partial charge in [0.2, 0.25) is 0 Å². The van der Waals surface area contributed by atoms with Gasteiger partial charge in [0, 0.05) is 5.56 Å². The van der Waals surface area contributed by atoms with Gasteiger partial charge >= 0.3 is 0 Å². The van der Waals surface area contributed by atoms with Crippen molar-refractivity contribution in [2.45, 2.75) is 13.3 Å². The molecule has 25 heavy (non-hydrogen) atoms. The predicted octanol–water partition coefficient (Wildman–Crippen LogP) is 3.11. The quantitative estimate of drug-likeness (QED) is 0.494. The Morgan fingerprint density at radius 3 is 2.60 bits per heavy atom. The van der Waals surface area contributed by atoms with Gasteiger partial charge in [0.25, 0.3) is 5.91 Å². The number of amides is 1. The summed E-state index contributed by atoms with van der Waals surface area (Å²) in [4.78, 5) is 12.1. The van der Waals surface area contributed by atoms with E-state index in [1.807, 2.05) is 24.3 Å². The summed E-state index contributed by atoms with van der Waals surface area (Å²) < 4.78 is 0. The Bertz CT molecular complexity index is 881. The van der Waals surface area contributed by atoms with Crippen molar-refractivity contribution in [3.8, 4) is 17.0 Å². The van der Waals surface area contributed by atoms with Crippen LogP contribution in [0.1, 0.15) is 28.5 Å². The molecule has 0 saturated carbocycles. The molecule has 1 aromatic heterocycles. The number of rotatable bonds is 5. The molecule has 3 N–H and O–H groups in total. The second-order valence-electron chi connectivity index (χ2n) is 5.51. The van der Waals surface area contributed by atoms with E-state index in [2.05, 4.69) is 27.6 Å². The molecule has 2 aromatic carbocycles. The van der Waals surface area contributed by atoms with Gasteiger partial charge in [-0.25, -0.2) is 5.43 Å². The van der Waals surface area contributed by atoms with Crippen LogP contribution in [0.2, 0.25) is 0 Å². The lowest BCUT2D eigenvalue weighted by Gasteiger charge is -1.98. The molecule has 0 aliphatic rings. The number of phenols is 1. The summed E-state index contributed by atoms with van der Waals surface area (Å²) in [5.41, 5.74) is 6.44. The molecule has 0 aliphatic heterocycles. The summed E-state index contributed by atoms with van der Waals surface area (Å²) in [6.45, 7) is 2.10. The van der Waals surface area contributed by atoms with Crippen molar-refractivity contribution in [3.63, 3.8) is 0 Å². The number of carbonyl (C=O) groups is 1. The maximum absolute atomic E-state index is 12.1. The first-order valence-corrected chi connectivity index (χ1v) is 7.93. The number of aryl methyl sites for hydroxylation is 1. The topological polar surface area (TPSA) is 90.4 Å². The van der Waals surface area contributed by atoms with Crippen molar-refractivity contribution in [1.82, 2.24) is 15.6 Å². The van der Waals surface area contributed by atoms with Gasteiger partial charge in [0.15, 0.2) is 0 Å². The van der Waals surface area contributed by atoms with E-state index in [1.165, 1.54) is 11.8 Å². The van der Waals surface area contributed by atoms with E-state index in [0.717, 1.165) is 17.5 Å². The van der Waals surface area contributed by atoms with Crippen molar-refractivity contribution in [2.75, 3.05) is 0 Å². The van der Waals surface area contributed by atoms with E-state index in [9.17, 15) is 9.90 Å². The molecule has 126 valence electrons. The molecule has 3 aromatic rings. The highest BCUT2D eigenvalue weighted by Gasteiger charge is 2.10. The van der Waals surface area contributed by atoms with E-state index in [0.29, 0.717) is 11.4 Å². The van der Waals surface area contributed by atoms with E-state index in [-0.39, 0.29) is 11.7 Å². The Labute approximate surface area is 145 Å². The van der Waals surface area contributed by atoms with Gasteiger partial charge in [-0.1, -0.05) is 31.2 Å². The fourth-order valence-corrected chi connectivity index (χ4v) is 2.28. The Hall–Kier alpha value is -3.41. The molecule has 1 heterocycles. The first kappa shape index (κ1) is 16.4. The Morgan fingerprint density at radius 2 is 1.92 bits per heavy atom. The number of hydrogen-bond donors (Lipinski definition) is 3. The minimum absolute atomic E-state index is 0.179. The summed E-state index contributed by atoms with van der Waals surface area (Å²) in [6.07, 6.45) is 2.48. The first-order chi connectivity index (χ1) is 12.2. The van der Waals surface area contributed by atoms with E-state index < -0.39 is 0 Å². The highest BCUT2D eigenvalue weighted by atomic mass is 16.3. The number of H-pyrrole nitrogens is 1. The third-order valence-electron chi connectivity index (χ3n) is 3.75. The largest absolute Gasteiger partial charge is 0.508 e. The van der Waals surface area contributed by atoms with Crippen LogP contribution in [0.25, 0.3) is 11.3 Å². The number of hydrazone groups is 1. The highest BCUT2D eigenvalue weighted by Crippen LogP contribution is 2.18. The molecule has 6 heteroatoms. The Morgan fingerprint density at radius 1 is 1.20 bits per heavy atom. The second-order valence-corrected chi connectivity index (χ2v) is 5.51. The van der Waals surface area contributed by atoms with Crippen molar-refractivity contribution in [1.29, 1.82) is 0 Å². The molecule has 6 nitrogen and oxygen atoms in total. The second kappa shape index (κ2) is 7.44. The van der Waals surface area contributed by atoms with Crippen LogP contribution in [0.15, 0.2) is 59.7 Å². The fraction of sp³-hybridized carbons (Fsp3) is 0.105. The molecule has 3 rings (SSSR count). The summed E-state index contributed by atoms with van der Waals surface area (Å²) >= 11 is 0. The van der Waals surface area contributed by atoms with Crippen molar-refractivity contribution in [2.24, 2.45) is 5.10 Å². The van der Waals surface area contributed by atoms with Gasteiger partial charge in [0.1, 0.15) is 11.4 Å². The van der Waals surface area contributed by atoms with Crippen LogP contribution < -0.4 is 5.43 Å². The van der Waals surface area contributed by atoms with Crippen LogP contribution in [0.4, 0.5) is 0 Å². The maximum Gasteiger partial charge on any atom is 0.289 e. The standard InChI is InChI=1S/C19H18N4O2/c1-2-13-3-7-15(8-4-13)17-11-18(22-21-17)19(25)23-20-12-14-5-9-16(24)10-6-14/h3-12,24H,2H2,1H3,(H,21,22)(H,23,25)/b20-12-. The molecule has 0 atom stereocenters. The predicted molar refractivity (Wildman–Crippen MR) is 96.6 cm³/mol. The molecule has 0 aliphatic carbocycles. The van der Waals surface area contributed by atoms with Crippen LogP contribution >= 0.6 is 0 Å². The molecule has 0 unspecified atom stereocenters. The molecule has 0 radical (unpaired) electrons. The van der Waals surface area contributed by atoms with E-state index in [1.54, 1.807) is 30.3 Å². The summed E-state index contributed by atoms with van der Waals surface area (Å²) in [5.74, 6) is -0.197. The number of phenolic OH excluding ortho intramolecular Hbond substituents is 1. The van der Waals surface area contributed by atoms with Gasteiger partial charge < -0.3 is 5.11 Å². The van der Waals surface area contributed by atoms with Gasteiger partial charge in [-0.05, 0) is 47.9 Å². The lowest BCUT2D eigenvalue weighted by atomic mass is 10.1. The van der Waals surface area contributed by atoms with Gasteiger partial charge in [-0.3, -0.25) is 9.89 Å². The SMILES string of the molecule is CCc1ccc(-c2cc(C(=O)N/N=C\c3ccc(O)cc3)[nH]n2)cc1. The monoisotopic (exact) mass is 334 g/mol. The van der Waals surface area contributed by atoms with Gasteiger partial charge in [-0.15, -0.1) is 0 Å². The van der Waals surface area contributed by atoms with Crippen LogP contribution in [0.5, 0.6) is 5.75 Å². The van der Waals surface area contributed by atoms with Gasteiger partial charge in [-0.2, -0.15) is 10.2 Å². The average Bonchev–Trinajstić information content (AvgIpc) is 3.13. The number of carbonyl (C=O) groups excluding carboxylic acids is 1. The Kier molecular flexibility index (Phi) is 4.89. The average molecular weight is 334 g/mol. The third kappa shape index (κ3) is 4.11. The number of nitrogens with one attached hydrogen (secondary N) is 2. The summed E-state index contributed by atoms with van der Waals surface area (Å²) in [7, 11) is 0.